The molecule has 0 heterocycles. The van der Waals surface area contributed by atoms with Gasteiger partial charge in [0.15, 0.2) is 5.96 Å². The first-order valence-electron chi connectivity index (χ1n) is 10.1. The molecule has 0 aromatic heterocycles. The summed E-state index contributed by atoms with van der Waals surface area (Å²) in [6.45, 7) is 9.43. The van der Waals surface area contributed by atoms with Crippen LogP contribution in [0.1, 0.15) is 43.6 Å². The van der Waals surface area contributed by atoms with Gasteiger partial charge in [0, 0.05) is 53.4 Å². The molecule has 0 spiro atoms. The zero-order valence-corrected chi connectivity index (χ0v) is 22.3. The fourth-order valence-electron chi connectivity index (χ4n) is 2.65. The number of hydrogen-bond acceptors (Lipinski definition) is 4. The fourth-order valence-corrected chi connectivity index (χ4v) is 2.65. The second-order valence-electron chi connectivity index (χ2n) is 8.67. The van der Waals surface area contributed by atoms with Crippen molar-refractivity contribution < 1.29 is 14.3 Å². The fraction of sp³-hybridized carbons (Fsp3) is 0.591. The third-order valence-corrected chi connectivity index (χ3v) is 4.20. The summed E-state index contributed by atoms with van der Waals surface area (Å²) in [5, 5.41) is 6.53. The number of amides is 2. The van der Waals surface area contributed by atoms with E-state index in [9.17, 15) is 9.59 Å². The lowest BCUT2D eigenvalue weighted by Crippen LogP contribution is -2.42. The van der Waals surface area contributed by atoms with Gasteiger partial charge in [0.2, 0.25) is 0 Å². The number of halogens is 1. The van der Waals surface area contributed by atoms with Gasteiger partial charge in [-0.3, -0.25) is 9.79 Å². The Kier molecular flexibility index (Phi) is 12.5. The minimum atomic E-state index is -0.503. The summed E-state index contributed by atoms with van der Waals surface area (Å²) < 4.78 is 5.38. The lowest BCUT2D eigenvalue weighted by molar-refractivity contribution is 0.0277. The summed E-state index contributed by atoms with van der Waals surface area (Å²) in [4.78, 5) is 31.4. The van der Waals surface area contributed by atoms with Gasteiger partial charge in [-0.15, -0.1) is 24.0 Å². The van der Waals surface area contributed by atoms with E-state index in [1.807, 2.05) is 45.0 Å². The molecule has 0 aliphatic heterocycles. The number of benzene rings is 1. The Balaban J connectivity index is 0.00000900. The second kappa shape index (κ2) is 13.4. The van der Waals surface area contributed by atoms with Gasteiger partial charge < -0.3 is 25.2 Å². The monoisotopic (exact) mass is 547 g/mol. The van der Waals surface area contributed by atoms with E-state index in [2.05, 4.69) is 22.5 Å². The molecule has 8 nitrogen and oxygen atoms in total. The van der Waals surface area contributed by atoms with Gasteiger partial charge in [0.1, 0.15) is 5.60 Å². The van der Waals surface area contributed by atoms with Gasteiger partial charge in [-0.25, -0.2) is 4.79 Å². The van der Waals surface area contributed by atoms with E-state index < -0.39 is 5.60 Å². The molecule has 2 N–H and O–H groups in total. The minimum absolute atomic E-state index is 0. The lowest BCUT2D eigenvalue weighted by Gasteiger charge is -2.26. The van der Waals surface area contributed by atoms with Crippen molar-refractivity contribution in [2.24, 2.45) is 10.9 Å². The van der Waals surface area contributed by atoms with Gasteiger partial charge >= 0.3 is 6.09 Å². The zero-order valence-electron chi connectivity index (χ0n) is 20.0. The molecule has 1 atom stereocenters. The van der Waals surface area contributed by atoms with Crippen LogP contribution in [0.4, 0.5) is 4.79 Å². The van der Waals surface area contributed by atoms with Crippen molar-refractivity contribution in [3.8, 4) is 0 Å². The number of ether oxygens (including phenoxy) is 1. The van der Waals surface area contributed by atoms with Crippen molar-refractivity contribution in [2.45, 2.75) is 39.8 Å². The number of aliphatic imine (C=N–C) groups is 1. The van der Waals surface area contributed by atoms with Crippen LogP contribution in [0.25, 0.3) is 0 Å². The lowest BCUT2D eigenvalue weighted by atomic mass is 10.1. The van der Waals surface area contributed by atoms with Crippen molar-refractivity contribution in [1.82, 2.24) is 20.4 Å². The zero-order chi connectivity index (χ0) is 22.9. The Hall–Kier alpha value is -2.04. The van der Waals surface area contributed by atoms with Crippen LogP contribution in [-0.2, 0) is 11.3 Å². The van der Waals surface area contributed by atoms with E-state index in [1.165, 1.54) is 0 Å². The normalized spacial score (nSPS) is 12.3. The summed E-state index contributed by atoms with van der Waals surface area (Å²) in [7, 11) is 6.92. The Morgan fingerprint density at radius 3 is 2.16 bits per heavy atom. The molecule has 1 unspecified atom stereocenters. The average molecular weight is 547 g/mol. The Labute approximate surface area is 203 Å². The SMILES string of the molecule is CN=C(NCc1ccc(C(=O)N(C)C)cc1)NCC(C)CN(C)C(=O)OC(C)(C)C.I. The molecule has 1 aromatic rings. The van der Waals surface area contributed by atoms with Crippen LogP contribution >= 0.6 is 24.0 Å². The second-order valence-corrected chi connectivity index (χ2v) is 8.67. The molecule has 1 rings (SSSR count). The van der Waals surface area contributed by atoms with Crippen LogP contribution in [-0.4, -0.2) is 74.6 Å². The number of guanidine groups is 1. The Morgan fingerprint density at radius 1 is 1.10 bits per heavy atom. The molecule has 0 aliphatic rings. The maximum Gasteiger partial charge on any atom is 0.410 e. The van der Waals surface area contributed by atoms with Crippen LogP contribution in [0.5, 0.6) is 0 Å². The van der Waals surface area contributed by atoms with Crippen LogP contribution < -0.4 is 10.6 Å². The van der Waals surface area contributed by atoms with Crippen LogP contribution in [0.15, 0.2) is 29.3 Å². The van der Waals surface area contributed by atoms with Crippen molar-refractivity contribution in [1.29, 1.82) is 0 Å². The third kappa shape index (κ3) is 11.2. The average Bonchev–Trinajstić information content (AvgIpc) is 2.66. The molecule has 31 heavy (non-hydrogen) atoms. The molecule has 0 fully saturated rings. The van der Waals surface area contributed by atoms with E-state index in [0.717, 1.165) is 5.56 Å². The van der Waals surface area contributed by atoms with Gasteiger partial charge in [-0.1, -0.05) is 19.1 Å². The number of nitrogens with zero attached hydrogens (tertiary/aromatic N) is 3. The molecular formula is C22H38IN5O3. The first-order chi connectivity index (χ1) is 13.9. The molecule has 9 heteroatoms. The molecule has 0 radical (unpaired) electrons. The van der Waals surface area contributed by atoms with Crippen molar-refractivity contribution in [3.05, 3.63) is 35.4 Å². The van der Waals surface area contributed by atoms with E-state index in [4.69, 9.17) is 4.74 Å². The first-order valence-corrected chi connectivity index (χ1v) is 10.1. The van der Waals surface area contributed by atoms with Gasteiger partial charge in [-0.05, 0) is 44.4 Å². The predicted octanol–water partition coefficient (Wildman–Crippen LogP) is 3.17. The molecule has 0 aliphatic carbocycles. The summed E-state index contributed by atoms with van der Waals surface area (Å²) in [6.07, 6.45) is -0.326. The van der Waals surface area contributed by atoms with Gasteiger partial charge in [-0.2, -0.15) is 0 Å². The summed E-state index contributed by atoms with van der Waals surface area (Å²) in [5.74, 6) is 0.866. The van der Waals surface area contributed by atoms with Gasteiger partial charge in [0.25, 0.3) is 5.91 Å². The largest absolute Gasteiger partial charge is 0.444 e. The van der Waals surface area contributed by atoms with Gasteiger partial charge in [0.05, 0.1) is 0 Å². The molecule has 0 saturated heterocycles. The number of rotatable bonds is 7. The highest BCUT2D eigenvalue weighted by Crippen LogP contribution is 2.10. The predicted molar refractivity (Wildman–Crippen MR) is 136 cm³/mol. The van der Waals surface area contributed by atoms with Crippen molar-refractivity contribution in [2.75, 3.05) is 41.3 Å². The first kappa shape index (κ1) is 29.0. The standard InChI is InChI=1S/C22H37N5O3.HI/c1-16(15-27(8)21(29)30-22(2,3)4)13-24-20(23-5)25-14-17-9-11-18(12-10-17)19(28)26(6)7;/h9-12,16H,13-15H2,1-8H3,(H2,23,24,25);1H. The molecule has 0 bridgehead atoms. The van der Waals surface area contributed by atoms with E-state index in [-0.39, 0.29) is 41.9 Å². The highest BCUT2D eigenvalue weighted by Gasteiger charge is 2.20. The van der Waals surface area contributed by atoms with Crippen LogP contribution in [0.2, 0.25) is 0 Å². The van der Waals surface area contributed by atoms with E-state index in [0.29, 0.717) is 31.2 Å². The third-order valence-electron chi connectivity index (χ3n) is 4.20. The van der Waals surface area contributed by atoms with E-state index in [1.54, 1.807) is 38.0 Å². The van der Waals surface area contributed by atoms with Crippen molar-refractivity contribution in [3.63, 3.8) is 0 Å². The number of nitrogens with one attached hydrogen (secondary N) is 2. The smallest absolute Gasteiger partial charge is 0.410 e. The van der Waals surface area contributed by atoms with Crippen molar-refractivity contribution >= 4 is 41.9 Å². The number of carbonyl (C=O) groups is 2. The summed E-state index contributed by atoms with van der Waals surface area (Å²) in [5.41, 5.74) is 1.21. The van der Waals surface area contributed by atoms with Crippen LogP contribution in [0.3, 0.4) is 0 Å². The summed E-state index contributed by atoms with van der Waals surface area (Å²) >= 11 is 0. The highest BCUT2D eigenvalue weighted by molar-refractivity contribution is 14.0. The summed E-state index contributed by atoms with van der Waals surface area (Å²) in [6, 6.07) is 7.50. The Morgan fingerprint density at radius 2 is 1.68 bits per heavy atom. The maximum atomic E-state index is 12.1. The topological polar surface area (TPSA) is 86.3 Å². The maximum absolute atomic E-state index is 12.1. The molecule has 2 amide bonds. The molecular weight excluding hydrogens is 509 g/mol. The quantitative estimate of drug-likeness (QED) is 0.311. The van der Waals surface area contributed by atoms with E-state index >= 15 is 0 Å². The van der Waals surface area contributed by atoms with Crippen LogP contribution in [0, 0.1) is 5.92 Å². The Bertz CT molecular complexity index is 730. The molecule has 176 valence electrons. The number of hydrogen-bond donors (Lipinski definition) is 2. The molecule has 1 aromatic carbocycles. The molecule has 0 saturated carbocycles. The minimum Gasteiger partial charge on any atom is -0.444 e. The highest BCUT2D eigenvalue weighted by atomic mass is 127. The number of carbonyl (C=O) groups excluding carboxylic acids is 2.